The van der Waals surface area contributed by atoms with Gasteiger partial charge >= 0.3 is 30.3 Å². The summed E-state index contributed by atoms with van der Waals surface area (Å²) in [6.45, 7) is -0.787. The highest BCUT2D eigenvalue weighted by molar-refractivity contribution is 6.32. The number of fused-ring (bicyclic) bond motifs is 15. The van der Waals surface area contributed by atoms with Crippen molar-refractivity contribution in [1.29, 1.82) is 0 Å². The minimum absolute atomic E-state index is 0.135. The van der Waals surface area contributed by atoms with Crippen LogP contribution in [0.15, 0.2) is 78.9 Å². The minimum atomic E-state index is -5.08. The van der Waals surface area contributed by atoms with Crippen LogP contribution in [0.4, 0.5) is 26.3 Å². The summed E-state index contributed by atoms with van der Waals surface area (Å²) in [7, 11) is 1.31. The zero-order valence-electron chi connectivity index (χ0n) is 46.1. The lowest BCUT2D eigenvalue weighted by Crippen LogP contribution is -2.59. The summed E-state index contributed by atoms with van der Waals surface area (Å²) in [6, 6.07) is -0.381. The number of aliphatic hydroxyl groups is 3. The topological polar surface area (TPSA) is 502 Å². The summed E-state index contributed by atoms with van der Waals surface area (Å²) in [6.07, 6.45) is -15.3. The molecule has 5 aliphatic rings. The average molecular weight is 1350 g/mol. The molecule has 0 fully saturated rings. The second kappa shape index (κ2) is 28.6. The number of carbonyl (C=O) groups excluding carboxylic acids is 7. The number of ether oxygens (including phenoxy) is 2. The number of nitrogens with two attached hydrogens (primary N) is 1. The average Bonchev–Trinajstić information content (AvgIpc) is 0.776. The molecule has 492 valence electrons. The molecule has 38 heteroatoms. The van der Waals surface area contributed by atoms with Crippen molar-refractivity contribution in [2.45, 2.75) is 73.3 Å². The number of rotatable bonds is 7. The Morgan fingerprint density at radius 3 is 1.60 bits per heavy atom. The van der Waals surface area contributed by atoms with Crippen LogP contribution in [0.5, 0.6) is 46.0 Å². The highest BCUT2D eigenvalue weighted by atomic mass is 35.5. The molecule has 0 saturated carbocycles. The number of aliphatic carboxylic acids is 3. The first-order valence-electron chi connectivity index (χ1n) is 25.7. The van der Waals surface area contributed by atoms with Gasteiger partial charge in [0.2, 0.25) is 47.1 Å². The largest absolute Gasteiger partial charge is 0.508 e. The summed E-state index contributed by atoms with van der Waals surface area (Å²) < 4.78 is 75.6. The van der Waals surface area contributed by atoms with Gasteiger partial charge in [0.25, 0.3) is 0 Å². The first kappa shape index (κ1) is 70.7. The van der Waals surface area contributed by atoms with Gasteiger partial charge in [0.15, 0.2) is 17.5 Å². The van der Waals surface area contributed by atoms with Gasteiger partial charge in [-0.2, -0.15) is 26.3 Å². The third-order valence-corrected chi connectivity index (χ3v) is 13.9. The lowest BCUT2D eigenvalue weighted by molar-refractivity contribution is -0.193. The minimum Gasteiger partial charge on any atom is -0.508 e. The fourth-order valence-electron chi connectivity index (χ4n) is 8.82. The summed E-state index contributed by atoms with van der Waals surface area (Å²) in [5.41, 5.74) is 3.10. The Hall–Kier alpha value is -10.4. The standard InChI is InChI=1S/C50H46Cl2N8O18.2C2HF3O2/c1-54-27(16-61)45(70)59-39-41(66)18-3-6-30(24(51)9-18)77-32-11-20-12-33(43(32)68)78-31-7-4-19(10-25(31)52)42(67)40-49(74)58-38(50(75)76)23-13-21(62)14-29(64)35(23)22-8-17(2-5-28(22)63)36(46(71)60-40)57-47(72)37(20)56-44(69)26(15-34(53)65)55-48(39)73;2*3-2(4,5)1(6)7/h2-14,26-27,36-42,54,61-64,66-68H,15-16H2,1H3,(H2,53,65)(H,55,73)(H,56,69)(H,57,72)(H,58,74)(H,59,70)(H,60,71)(H,75,76);2*(H,6,7)/t26-,27+,36+,37+,38-,39+,40-,41+,42+;;/m0../s1. The van der Waals surface area contributed by atoms with Gasteiger partial charge in [0.05, 0.1) is 23.1 Å². The number of carbonyl (C=O) groups is 10. The second-order valence-corrected chi connectivity index (χ2v) is 20.4. The maximum absolute atomic E-state index is 15.3. The molecule has 11 bridgehead atoms. The van der Waals surface area contributed by atoms with E-state index < -0.39 is 190 Å². The summed E-state index contributed by atoms with van der Waals surface area (Å²) in [5, 5.41) is 119. The third kappa shape index (κ3) is 16.5. The molecular weight excluding hydrogens is 1300 g/mol. The number of phenolic OH excluding ortho intramolecular Hbond substituents is 4. The molecule has 0 aliphatic carbocycles. The summed E-state index contributed by atoms with van der Waals surface area (Å²) in [5.74, 6) is -21.1. The van der Waals surface area contributed by atoms with Gasteiger partial charge in [-0.1, -0.05) is 41.4 Å². The molecular formula is C54H48Cl2F6N8O22. The first-order chi connectivity index (χ1) is 42.9. The monoisotopic (exact) mass is 1340 g/mol. The number of alkyl halides is 6. The number of hydrogen-bond donors (Lipinski definition) is 18. The summed E-state index contributed by atoms with van der Waals surface area (Å²) >= 11 is 13.4. The molecule has 7 amide bonds. The Labute approximate surface area is 519 Å². The number of likely N-dealkylation sites (N-methyl/N-ethyl adjacent to an activating group) is 1. The van der Waals surface area contributed by atoms with Gasteiger partial charge in [-0.3, -0.25) is 33.6 Å². The number of carboxylic acid groups (broad SMARTS) is 3. The highest BCUT2D eigenvalue weighted by Gasteiger charge is 2.43. The van der Waals surface area contributed by atoms with E-state index in [4.69, 9.17) is 58.2 Å². The number of amides is 7. The molecule has 5 aromatic rings. The van der Waals surface area contributed by atoms with Crippen LogP contribution in [0.25, 0.3) is 11.1 Å². The normalized spacial score (nSPS) is 20.9. The lowest BCUT2D eigenvalue weighted by atomic mass is 9.89. The Morgan fingerprint density at radius 1 is 0.609 bits per heavy atom. The number of aliphatic hydroxyl groups excluding tert-OH is 3. The summed E-state index contributed by atoms with van der Waals surface area (Å²) in [4.78, 5) is 130. The van der Waals surface area contributed by atoms with Gasteiger partial charge < -0.3 is 103 Å². The van der Waals surface area contributed by atoms with Crippen molar-refractivity contribution in [3.63, 3.8) is 0 Å². The van der Waals surface area contributed by atoms with Crippen LogP contribution in [0.3, 0.4) is 0 Å². The smallest absolute Gasteiger partial charge is 0.490 e. The predicted octanol–water partition coefficient (Wildman–Crippen LogP) is 1.61. The molecule has 19 N–H and O–H groups in total. The van der Waals surface area contributed by atoms with Crippen molar-refractivity contribution in [3.8, 4) is 57.1 Å². The maximum atomic E-state index is 15.3. The molecule has 5 heterocycles. The number of primary amides is 1. The Kier molecular flexibility index (Phi) is 22.0. The van der Waals surface area contributed by atoms with Crippen LogP contribution in [0, 0.1) is 0 Å². The second-order valence-electron chi connectivity index (χ2n) is 19.5. The zero-order chi connectivity index (χ0) is 68.8. The number of nitrogens with one attached hydrogen (secondary N) is 7. The van der Waals surface area contributed by atoms with Crippen LogP contribution in [0.2, 0.25) is 10.0 Å². The molecule has 30 nitrogen and oxygen atoms in total. The van der Waals surface area contributed by atoms with Crippen LogP contribution >= 0.6 is 23.2 Å². The van der Waals surface area contributed by atoms with E-state index >= 15 is 4.79 Å². The molecule has 0 aromatic heterocycles. The maximum Gasteiger partial charge on any atom is 0.490 e. The van der Waals surface area contributed by atoms with Crippen molar-refractivity contribution in [2.75, 3.05) is 13.7 Å². The van der Waals surface area contributed by atoms with Crippen LogP contribution < -0.4 is 52.4 Å². The van der Waals surface area contributed by atoms with Crippen LogP contribution in [0.1, 0.15) is 64.6 Å². The molecule has 0 unspecified atom stereocenters. The third-order valence-electron chi connectivity index (χ3n) is 13.3. The fraction of sp³-hybridized carbons (Fsp3) is 0.259. The molecule has 5 aromatic carbocycles. The quantitative estimate of drug-likeness (QED) is 0.103. The molecule has 10 rings (SSSR count). The van der Waals surface area contributed by atoms with Crippen molar-refractivity contribution in [1.82, 2.24) is 37.2 Å². The van der Waals surface area contributed by atoms with Gasteiger partial charge in [-0.15, -0.1) is 0 Å². The number of hydrogen-bond acceptors (Lipinski definition) is 20. The Morgan fingerprint density at radius 2 is 1.11 bits per heavy atom. The number of benzene rings is 5. The van der Waals surface area contributed by atoms with Gasteiger partial charge in [-0.25, -0.2) is 14.4 Å². The Balaban J connectivity index is 0.000000861. The first-order valence-corrected chi connectivity index (χ1v) is 26.4. The van der Waals surface area contributed by atoms with Crippen molar-refractivity contribution in [2.24, 2.45) is 5.73 Å². The van der Waals surface area contributed by atoms with Gasteiger partial charge in [0, 0.05) is 22.8 Å². The van der Waals surface area contributed by atoms with E-state index in [0.29, 0.717) is 0 Å². The molecule has 0 saturated heterocycles. The van der Waals surface area contributed by atoms with Crippen LogP contribution in [-0.4, -0.2) is 160 Å². The van der Waals surface area contributed by atoms with E-state index in [0.717, 1.165) is 60.7 Å². The van der Waals surface area contributed by atoms with Crippen molar-refractivity contribution >= 4 is 82.5 Å². The SMILES string of the molecule is CN[C@H](CO)C(=O)N[C@H]1C(=O)N[C@@H](CC(N)=O)C(=O)N[C@H]2C(=O)N[C@H]3C(=O)N[C@H](C(=O)N[C@H](C(=O)O)c4cc(O)cc(O)c4-c4cc3ccc4O)[C@H](O)c3ccc(c(Cl)c3)Oc3cc2cc(c3O)Oc2ccc(cc2Cl)[C@H]1O.O=C(O)C(F)(F)F.O=C(O)C(F)(F)F. The zero-order valence-corrected chi connectivity index (χ0v) is 47.6. The fourth-order valence-corrected chi connectivity index (χ4v) is 9.27. The van der Waals surface area contributed by atoms with E-state index in [2.05, 4.69) is 37.2 Å². The molecule has 0 radical (unpaired) electrons. The van der Waals surface area contributed by atoms with E-state index in [1.54, 1.807) is 0 Å². The predicted molar refractivity (Wildman–Crippen MR) is 295 cm³/mol. The lowest BCUT2D eigenvalue weighted by Gasteiger charge is -2.31. The number of carboxylic acids is 3. The highest BCUT2D eigenvalue weighted by Crippen LogP contribution is 2.48. The van der Waals surface area contributed by atoms with E-state index in [1.165, 1.54) is 25.2 Å². The molecule has 5 aliphatic heterocycles. The van der Waals surface area contributed by atoms with E-state index in [1.807, 2.05) is 0 Å². The number of aromatic hydroxyl groups is 4. The molecule has 0 spiro atoms. The Bertz CT molecular complexity index is 3760. The number of halogens is 8. The van der Waals surface area contributed by atoms with E-state index in [-0.39, 0.29) is 43.8 Å². The van der Waals surface area contributed by atoms with E-state index in [9.17, 15) is 101 Å². The van der Waals surface area contributed by atoms with Crippen molar-refractivity contribution in [3.05, 3.63) is 117 Å². The van der Waals surface area contributed by atoms with Crippen LogP contribution in [-0.2, 0) is 47.9 Å². The number of phenols is 4. The van der Waals surface area contributed by atoms with Gasteiger partial charge in [0.1, 0.15) is 77.2 Å². The van der Waals surface area contributed by atoms with Crippen molar-refractivity contribution < 1.29 is 135 Å². The molecule has 9 atom stereocenters. The van der Waals surface area contributed by atoms with Gasteiger partial charge in [-0.05, 0) is 83.9 Å². The molecule has 92 heavy (non-hydrogen) atoms.